The number of rotatable bonds is 6. The molecular formula is C14H10NNaO5S. The van der Waals surface area contributed by atoms with Crippen LogP contribution in [0.25, 0.3) is 12.2 Å². The van der Waals surface area contributed by atoms with Crippen LogP contribution in [-0.2, 0) is 22.3 Å². The first kappa shape index (κ1) is 18.7. The van der Waals surface area contributed by atoms with Crippen molar-refractivity contribution in [2.24, 2.45) is 0 Å². The zero-order chi connectivity index (χ0) is 15.1. The van der Waals surface area contributed by atoms with Crippen LogP contribution in [-0.4, -0.2) is 4.92 Å². The predicted octanol–water partition coefficient (Wildman–Crippen LogP) is 0.473. The minimum atomic E-state index is -0.442. The molecule has 0 aliphatic heterocycles. The van der Waals surface area contributed by atoms with Gasteiger partial charge in [0.15, 0.2) is 5.75 Å². The first-order valence-electron chi connectivity index (χ1n) is 5.85. The van der Waals surface area contributed by atoms with Crippen LogP contribution in [0.1, 0.15) is 11.1 Å². The molecule has 2 rings (SSSR count). The van der Waals surface area contributed by atoms with Gasteiger partial charge in [0.05, 0.1) is 4.92 Å². The van der Waals surface area contributed by atoms with E-state index in [1.54, 1.807) is 36.4 Å². The second-order valence-electron chi connectivity index (χ2n) is 3.94. The summed E-state index contributed by atoms with van der Waals surface area (Å²) in [5, 5.41) is 14.8. The van der Waals surface area contributed by atoms with Gasteiger partial charge in [-0.3, -0.25) is 10.1 Å². The Labute approximate surface area is 154 Å². The normalized spacial score (nSPS) is 10.2. The third kappa shape index (κ3) is 5.45. The van der Waals surface area contributed by atoms with Crippen molar-refractivity contribution in [2.45, 2.75) is 0 Å². The quantitative estimate of drug-likeness (QED) is 0.192. The van der Waals surface area contributed by atoms with Gasteiger partial charge in [-0.15, -0.1) is 0 Å². The number of hydrogen-bond acceptors (Lipinski definition) is 6. The summed E-state index contributed by atoms with van der Waals surface area (Å²) in [6, 6.07) is 13.3. The summed E-state index contributed by atoms with van der Waals surface area (Å²) < 4.78 is 3.97. The summed E-state index contributed by atoms with van der Waals surface area (Å²) in [6.07, 6.45) is 3.57. The number of hydrogen-bond donors (Lipinski definition) is 0. The molecule has 0 spiro atoms. The number of para-hydroxylation sites is 1. The zero-order valence-electron chi connectivity index (χ0n) is 11.7. The van der Waals surface area contributed by atoms with Crippen LogP contribution in [0.4, 0.5) is 5.69 Å². The molecule has 0 N–H and O–H groups in total. The van der Waals surface area contributed by atoms with Crippen molar-refractivity contribution in [1.29, 1.82) is 0 Å². The molecule has 108 valence electrons. The van der Waals surface area contributed by atoms with Crippen molar-refractivity contribution in [1.82, 2.24) is 0 Å². The van der Waals surface area contributed by atoms with Crippen LogP contribution >= 0.6 is 0 Å². The molecule has 6 nitrogen and oxygen atoms in total. The van der Waals surface area contributed by atoms with Crippen LogP contribution < -0.4 is 34.4 Å². The Kier molecular flexibility index (Phi) is 8.18. The second kappa shape index (κ2) is 9.62. The molecule has 0 radical (unpaired) electrons. The van der Waals surface area contributed by atoms with Crippen LogP contribution in [0.15, 0.2) is 48.5 Å². The van der Waals surface area contributed by atoms with Crippen molar-refractivity contribution in [2.75, 3.05) is 0 Å². The van der Waals surface area contributed by atoms with E-state index in [9.17, 15) is 10.1 Å². The zero-order valence-corrected chi connectivity index (χ0v) is 14.5. The Morgan fingerprint density at radius 3 is 2.36 bits per heavy atom. The Bertz CT molecular complexity index is 648. The molecule has 0 aromatic heterocycles. The van der Waals surface area contributed by atoms with E-state index in [2.05, 4.69) is 22.3 Å². The smallest absolute Gasteiger partial charge is 0.578 e. The van der Waals surface area contributed by atoms with Crippen LogP contribution in [0, 0.1) is 10.1 Å². The Balaban J connectivity index is 0.00000242. The molecule has 0 amide bonds. The molecule has 2 aromatic rings. The Morgan fingerprint density at radius 1 is 1.05 bits per heavy atom. The molecule has 0 saturated carbocycles. The molecule has 0 heterocycles. The van der Waals surface area contributed by atoms with E-state index in [0.29, 0.717) is 5.75 Å². The number of non-ortho nitro benzene ring substituents is 1. The van der Waals surface area contributed by atoms with Gasteiger partial charge >= 0.3 is 29.6 Å². The number of nitro groups is 1. The van der Waals surface area contributed by atoms with Crippen molar-refractivity contribution in [3.63, 3.8) is 0 Å². The van der Waals surface area contributed by atoms with Gasteiger partial charge < -0.3 is 22.1 Å². The Morgan fingerprint density at radius 2 is 1.73 bits per heavy atom. The number of nitro benzene ring substituents is 1. The summed E-state index contributed by atoms with van der Waals surface area (Å²) in [4.78, 5) is 15.0. The summed E-state index contributed by atoms with van der Waals surface area (Å²) in [7, 11) is 0. The van der Waals surface area contributed by atoms with Crippen molar-refractivity contribution < 1.29 is 48.7 Å². The fourth-order valence-corrected chi connectivity index (χ4v) is 1.67. The predicted molar refractivity (Wildman–Crippen MR) is 78.6 cm³/mol. The molecule has 0 bridgehead atoms. The van der Waals surface area contributed by atoms with E-state index < -0.39 is 4.92 Å². The molecular weight excluding hydrogens is 317 g/mol. The molecule has 0 unspecified atom stereocenters. The van der Waals surface area contributed by atoms with Crippen LogP contribution in [0.2, 0.25) is 0 Å². The third-order valence-corrected chi connectivity index (χ3v) is 2.69. The molecule has 0 fully saturated rings. The van der Waals surface area contributed by atoms with E-state index >= 15 is 0 Å². The maximum absolute atomic E-state index is 10.6. The minimum Gasteiger partial charge on any atom is -0.578 e. The van der Waals surface area contributed by atoms with Crippen LogP contribution in [0.5, 0.6) is 5.75 Å². The molecule has 0 saturated heterocycles. The van der Waals surface area contributed by atoms with Gasteiger partial charge in [0.2, 0.25) is 0 Å². The molecule has 0 aliphatic rings. The van der Waals surface area contributed by atoms with Gasteiger partial charge in [-0.05, 0) is 28.8 Å². The van der Waals surface area contributed by atoms with Gasteiger partial charge in [0.25, 0.3) is 5.69 Å². The molecule has 0 atom stereocenters. The van der Waals surface area contributed by atoms with Crippen molar-refractivity contribution in [3.05, 3.63) is 69.8 Å². The summed E-state index contributed by atoms with van der Waals surface area (Å²) >= 11 is 4.15. The van der Waals surface area contributed by atoms with E-state index in [1.807, 2.05) is 12.1 Å². The maximum Gasteiger partial charge on any atom is 1.00 e. The first-order valence-corrected chi connectivity index (χ1v) is 6.19. The molecule has 22 heavy (non-hydrogen) atoms. The van der Waals surface area contributed by atoms with Crippen LogP contribution in [0.3, 0.4) is 0 Å². The van der Waals surface area contributed by atoms with Gasteiger partial charge in [0.1, 0.15) is 0 Å². The molecule has 2 aromatic carbocycles. The first-order chi connectivity index (χ1) is 10.2. The average molecular weight is 327 g/mol. The van der Waals surface area contributed by atoms with E-state index in [4.69, 9.17) is 4.89 Å². The number of benzene rings is 2. The standard InChI is InChI=1S/C14H11NO5S.Na/c16-15(17)13-9-6-11(7-10-13)5-8-12-3-1-2-4-14(12)18-19-20-21;/h1-10,21H;/q;+1/p-1/b8-5+;. The fraction of sp³-hybridized carbons (Fsp3) is 0. The average Bonchev–Trinajstić information content (AvgIpc) is 2.52. The molecule has 0 aliphatic carbocycles. The van der Waals surface area contributed by atoms with Gasteiger partial charge in [-0.2, -0.15) is 0 Å². The largest absolute Gasteiger partial charge is 1.00 e. The fourth-order valence-electron chi connectivity index (χ4n) is 1.64. The van der Waals surface area contributed by atoms with Crippen molar-refractivity contribution in [3.8, 4) is 5.75 Å². The monoisotopic (exact) mass is 327 g/mol. The number of nitrogens with zero attached hydrogens (tertiary/aromatic N) is 1. The van der Waals surface area contributed by atoms with E-state index in [0.717, 1.165) is 11.1 Å². The van der Waals surface area contributed by atoms with E-state index in [1.165, 1.54) is 12.1 Å². The van der Waals surface area contributed by atoms with Crippen molar-refractivity contribution >= 4 is 30.7 Å². The third-order valence-electron chi connectivity index (χ3n) is 2.63. The second-order valence-corrected chi connectivity index (χ2v) is 4.08. The summed E-state index contributed by atoms with van der Waals surface area (Å²) in [6.45, 7) is 0. The van der Waals surface area contributed by atoms with Gasteiger partial charge in [-0.25, -0.2) is 0 Å². The summed E-state index contributed by atoms with van der Waals surface area (Å²) in [5.41, 5.74) is 1.60. The topological polar surface area (TPSA) is 70.8 Å². The molecule has 8 heteroatoms. The minimum absolute atomic E-state index is 0. The van der Waals surface area contributed by atoms with E-state index in [-0.39, 0.29) is 35.2 Å². The SMILES string of the molecule is O=[N+]([O-])c1ccc(/C=C/c2ccccc2OOO[S-])cc1.[Na+]. The summed E-state index contributed by atoms with van der Waals surface area (Å²) in [5.74, 6) is 0.431. The Hall–Kier alpha value is -1.35. The van der Waals surface area contributed by atoms with Gasteiger partial charge in [0, 0.05) is 17.7 Å². The van der Waals surface area contributed by atoms with Gasteiger partial charge in [-0.1, -0.05) is 30.4 Å². The maximum atomic E-state index is 10.6.